The normalized spacial score (nSPS) is 14.1. The summed E-state index contributed by atoms with van der Waals surface area (Å²) in [5.74, 6) is 1.53. The molecule has 2 aromatic rings. The van der Waals surface area contributed by atoms with Crippen molar-refractivity contribution in [2.24, 2.45) is 0 Å². The molecule has 0 spiro atoms. The number of fused-ring (bicyclic) bond motifs is 1. The molecule has 0 N–H and O–H groups in total. The summed E-state index contributed by atoms with van der Waals surface area (Å²) >= 11 is 0. The first-order valence-corrected chi connectivity index (χ1v) is 8.38. The third-order valence-electron chi connectivity index (χ3n) is 5.04. The van der Waals surface area contributed by atoms with Gasteiger partial charge in [0.1, 0.15) is 0 Å². The third kappa shape index (κ3) is 2.52. The molecular weight excluding hydrogens is 264 g/mol. The van der Waals surface area contributed by atoms with Gasteiger partial charge in [0.2, 0.25) is 0 Å². The van der Waals surface area contributed by atoms with E-state index < -0.39 is 0 Å². The molecule has 0 heteroatoms. The van der Waals surface area contributed by atoms with Crippen LogP contribution in [0, 0.1) is 26.7 Å². The Balaban J connectivity index is 2.08. The van der Waals surface area contributed by atoms with Crippen molar-refractivity contribution in [3.8, 4) is 0 Å². The predicted molar refractivity (Wildman–Crippen MR) is 96.8 cm³/mol. The van der Waals surface area contributed by atoms with E-state index in [0.29, 0.717) is 0 Å². The molecule has 0 aromatic heterocycles. The van der Waals surface area contributed by atoms with Gasteiger partial charge in [0, 0.05) is 5.92 Å². The second-order valence-corrected chi connectivity index (χ2v) is 6.41. The summed E-state index contributed by atoms with van der Waals surface area (Å²) < 4.78 is 0. The highest BCUT2D eigenvalue weighted by atomic mass is 14.3. The molecule has 0 atom stereocenters. The first-order chi connectivity index (χ1) is 10.6. The van der Waals surface area contributed by atoms with E-state index in [1.165, 1.54) is 64.1 Å². The van der Waals surface area contributed by atoms with Crippen molar-refractivity contribution >= 4 is 11.6 Å². The summed E-state index contributed by atoms with van der Waals surface area (Å²) in [6, 6.07) is 13.4. The lowest BCUT2D eigenvalue weighted by Gasteiger charge is -2.19. The van der Waals surface area contributed by atoms with Gasteiger partial charge in [-0.3, -0.25) is 0 Å². The summed E-state index contributed by atoms with van der Waals surface area (Å²) in [4.78, 5) is 0. The van der Waals surface area contributed by atoms with Crippen molar-refractivity contribution < 1.29 is 0 Å². The molecule has 3 rings (SSSR count). The van der Waals surface area contributed by atoms with E-state index in [0.717, 1.165) is 0 Å². The number of hydrogen-bond donors (Lipinski definition) is 0. The topological polar surface area (TPSA) is 0 Å². The van der Waals surface area contributed by atoms with Crippen LogP contribution in [0.3, 0.4) is 0 Å². The van der Waals surface area contributed by atoms with Gasteiger partial charge in [-0.2, -0.15) is 0 Å². The van der Waals surface area contributed by atoms with Crippen LogP contribution in [-0.2, 0) is 0 Å². The highest BCUT2D eigenvalue weighted by molar-refractivity contribution is 5.99. The molecule has 0 saturated heterocycles. The maximum atomic E-state index is 2.39. The lowest BCUT2D eigenvalue weighted by atomic mass is 9.84. The van der Waals surface area contributed by atoms with Gasteiger partial charge >= 0.3 is 0 Å². The fraction of sp³-hybridized carbons (Fsp3) is 0.318. The third-order valence-corrected chi connectivity index (χ3v) is 5.04. The van der Waals surface area contributed by atoms with Gasteiger partial charge in [0.15, 0.2) is 0 Å². The van der Waals surface area contributed by atoms with Gasteiger partial charge in [-0.05, 0) is 72.2 Å². The lowest BCUT2D eigenvalue weighted by molar-refractivity contribution is 0.767. The molecule has 2 aromatic carbocycles. The van der Waals surface area contributed by atoms with Crippen molar-refractivity contribution in [1.29, 1.82) is 0 Å². The number of hydrogen-bond acceptors (Lipinski definition) is 0. The van der Waals surface area contributed by atoms with Gasteiger partial charge < -0.3 is 0 Å². The van der Waals surface area contributed by atoms with Crippen molar-refractivity contribution in [3.05, 3.63) is 75.7 Å². The Kier molecular flexibility index (Phi) is 4.20. The fourth-order valence-corrected chi connectivity index (χ4v) is 3.40. The van der Waals surface area contributed by atoms with Crippen molar-refractivity contribution in [2.75, 3.05) is 0 Å². The second kappa shape index (κ2) is 6.12. The van der Waals surface area contributed by atoms with Crippen LogP contribution in [-0.4, -0.2) is 0 Å². The smallest absolute Gasteiger partial charge is 0.0352 e. The molecule has 1 aliphatic carbocycles. The quantitative estimate of drug-likeness (QED) is 0.621. The number of benzene rings is 2. The SMILES string of the molecule is CCCC[C]1C(c2ccc(C)c(C)c2C)=Cc2ccccc21. The molecule has 0 nitrogen and oxygen atoms in total. The largest absolute Gasteiger partial charge is 0.0654 e. The molecule has 1 aliphatic rings. The zero-order valence-electron chi connectivity index (χ0n) is 14.2. The Morgan fingerprint density at radius 1 is 0.818 bits per heavy atom. The first-order valence-electron chi connectivity index (χ1n) is 8.38. The summed E-state index contributed by atoms with van der Waals surface area (Å²) in [7, 11) is 0. The van der Waals surface area contributed by atoms with Crippen LogP contribution in [0.5, 0.6) is 0 Å². The van der Waals surface area contributed by atoms with Gasteiger partial charge in [-0.15, -0.1) is 0 Å². The van der Waals surface area contributed by atoms with Gasteiger partial charge in [-0.25, -0.2) is 0 Å². The molecular formula is C22H25. The van der Waals surface area contributed by atoms with E-state index in [1.807, 2.05) is 0 Å². The monoisotopic (exact) mass is 289 g/mol. The van der Waals surface area contributed by atoms with E-state index >= 15 is 0 Å². The molecule has 0 bridgehead atoms. The Hall–Kier alpha value is -1.82. The van der Waals surface area contributed by atoms with Crippen molar-refractivity contribution in [3.63, 3.8) is 0 Å². The molecule has 0 fully saturated rings. The Labute approximate surface area is 134 Å². The van der Waals surface area contributed by atoms with E-state index in [-0.39, 0.29) is 0 Å². The zero-order valence-corrected chi connectivity index (χ0v) is 14.2. The Bertz CT molecular complexity index is 719. The van der Waals surface area contributed by atoms with Gasteiger partial charge in [0.05, 0.1) is 0 Å². The second-order valence-electron chi connectivity index (χ2n) is 6.41. The molecule has 0 heterocycles. The fourth-order valence-electron chi connectivity index (χ4n) is 3.40. The first kappa shape index (κ1) is 15.1. The van der Waals surface area contributed by atoms with E-state index in [9.17, 15) is 0 Å². The van der Waals surface area contributed by atoms with Crippen LogP contribution in [0.1, 0.15) is 59.6 Å². The Morgan fingerprint density at radius 3 is 2.36 bits per heavy atom. The molecule has 0 aliphatic heterocycles. The van der Waals surface area contributed by atoms with E-state index in [2.05, 4.69) is 70.2 Å². The highest BCUT2D eigenvalue weighted by Crippen LogP contribution is 2.45. The van der Waals surface area contributed by atoms with E-state index in [1.54, 1.807) is 0 Å². The number of aryl methyl sites for hydroxylation is 1. The van der Waals surface area contributed by atoms with Crippen LogP contribution >= 0.6 is 0 Å². The van der Waals surface area contributed by atoms with Gasteiger partial charge in [0.25, 0.3) is 0 Å². The molecule has 0 amide bonds. The minimum atomic E-state index is 1.17. The van der Waals surface area contributed by atoms with Gasteiger partial charge in [-0.1, -0.05) is 56.2 Å². The minimum absolute atomic E-state index is 1.17. The van der Waals surface area contributed by atoms with Crippen LogP contribution in [0.4, 0.5) is 0 Å². The molecule has 113 valence electrons. The van der Waals surface area contributed by atoms with Crippen LogP contribution in [0.15, 0.2) is 36.4 Å². The van der Waals surface area contributed by atoms with Crippen molar-refractivity contribution in [2.45, 2.75) is 47.0 Å². The maximum absolute atomic E-state index is 2.39. The average molecular weight is 289 g/mol. The summed E-state index contributed by atoms with van der Waals surface area (Å²) in [5, 5.41) is 0. The number of unbranched alkanes of at least 4 members (excludes halogenated alkanes) is 1. The van der Waals surface area contributed by atoms with Crippen LogP contribution in [0.2, 0.25) is 0 Å². The molecule has 0 unspecified atom stereocenters. The Morgan fingerprint density at radius 2 is 1.59 bits per heavy atom. The summed E-state index contributed by atoms with van der Waals surface area (Å²) in [6.07, 6.45) is 6.05. The summed E-state index contributed by atoms with van der Waals surface area (Å²) in [5.41, 5.74) is 9.88. The number of allylic oxidation sites excluding steroid dienone is 1. The molecule has 1 radical (unpaired) electrons. The van der Waals surface area contributed by atoms with Crippen molar-refractivity contribution in [1.82, 2.24) is 0 Å². The maximum Gasteiger partial charge on any atom is 0.0352 e. The lowest BCUT2D eigenvalue weighted by Crippen LogP contribution is -2.02. The predicted octanol–water partition coefficient (Wildman–Crippen LogP) is 6.28. The molecule has 0 saturated carbocycles. The standard InChI is InChI=1S/C22H25/c1-5-6-10-21-20-11-8-7-9-18(20)14-22(21)19-13-12-15(2)16(3)17(19)4/h7-9,11-14H,5-6,10H2,1-4H3. The summed E-state index contributed by atoms with van der Waals surface area (Å²) in [6.45, 7) is 8.97. The number of rotatable bonds is 4. The average Bonchev–Trinajstić information content (AvgIpc) is 2.89. The van der Waals surface area contributed by atoms with Crippen LogP contribution in [0.25, 0.3) is 11.6 Å². The zero-order chi connectivity index (χ0) is 15.7. The van der Waals surface area contributed by atoms with E-state index in [4.69, 9.17) is 0 Å². The minimum Gasteiger partial charge on any atom is -0.0654 e. The van der Waals surface area contributed by atoms with Crippen LogP contribution < -0.4 is 0 Å². The highest BCUT2D eigenvalue weighted by Gasteiger charge is 2.27. The molecule has 22 heavy (non-hydrogen) atoms.